The Kier molecular flexibility index (Phi) is 7.53. The molecule has 1 N–H and O–H groups in total. The monoisotopic (exact) mass is 340 g/mol. The van der Waals surface area contributed by atoms with Gasteiger partial charge in [-0.3, -0.25) is 9.59 Å². The van der Waals surface area contributed by atoms with E-state index in [1.54, 1.807) is 6.92 Å². The second-order valence-electron chi connectivity index (χ2n) is 7.85. The minimum Gasteiger partial charge on any atom is -0.465 e. The third-order valence-electron chi connectivity index (χ3n) is 5.38. The molecule has 0 heterocycles. The van der Waals surface area contributed by atoms with Crippen molar-refractivity contribution in [2.45, 2.75) is 71.1 Å². The molecule has 2 fully saturated rings. The molecule has 0 saturated heterocycles. The number of ether oxygens (including phenoxy) is 2. The van der Waals surface area contributed by atoms with Gasteiger partial charge in [0, 0.05) is 0 Å². The van der Waals surface area contributed by atoms with Gasteiger partial charge in [0.1, 0.15) is 13.2 Å². The Bertz CT molecular complexity index is 374. The predicted molar refractivity (Wildman–Crippen MR) is 90.3 cm³/mol. The lowest BCUT2D eigenvalue weighted by Crippen LogP contribution is -2.37. The number of rotatable bonds is 7. The summed E-state index contributed by atoms with van der Waals surface area (Å²) in [6.45, 7) is 1.80. The average Bonchev–Trinajstić information content (AvgIpc) is 2.65. The summed E-state index contributed by atoms with van der Waals surface area (Å²) < 4.78 is 10.9. The largest absolute Gasteiger partial charge is 0.465 e. The van der Waals surface area contributed by atoms with Crippen molar-refractivity contribution in [2.75, 3.05) is 19.8 Å². The Labute approximate surface area is 145 Å². The Hall–Kier alpha value is -1.10. The van der Waals surface area contributed by atoms with Crippen LogP contribution in [0.15, 0.2) is 0 Å². The summed E-state index contributed by atoms with van der Waals surface area (Å²) in [5, 5.41) is 9.65. The van der Waals surface area contributed by atoms with Crippen molar-refractivity contribution in [3.05, 3.63) is 0 Å². The summed E-state index contributed by atoms with van der Waals surface area (Å²) in [7, 11) is 0. The van der Waals surface area contributed by atoms with E-state index < -0.39 is 5.41 Å². The Morgan fingerprint density at radius 3 is 1.54 bits per heavy atom. The van der Waals surface area contributed by atoms with E-state index in [9.17, 15) is 14.7 Å². The molecule has 0 atom stereocenters. The van der Waals surface area contributed by atoms with Gasteiger partial charge in [0.2, 0.25) is 0 Å². The first-order chi connectivity index (χ1) is 11.5. The summed E-state index contributed by atoms with van der Waals surface area (Å²) in [4.78, 5) is 24.3. The molecule has 0 bridgehead atoms. The van der Waals surface area contributed by atoms with Gasteiger partial charge in [-0.1, -0.05) is 45.4 Å². The Morgan fingerprint density at radius 1 is 0.833 bits per heavy atom. The van der Waals surface area contributed by atoms with Gasteiger partial charge in [-0.15, -0.1) is 0 Å². The number of carbonyl (C=O) groups excluding carboxylic acids is 2. The normalized spacial score (nSPS) is 20.6. The number of aliphatic hydroxyl groups excluding tert-OH is 1. The lowest BCUT2D eigenvalue weighted by atomic mass is 9.89. The molecule has 0 aromatic heterocycles. The summed E-state index contributed by atoms with van der Waals surface area (Å²) in [6.07, 6.45) is 10.3. The van der Waals surface area contributed by atoms with Crippen LogP contribution in [0.25, 0.3) is 0 Å². The average molecular weight is 340 g/mol. The number of esters is 2. The van der Waals surface area contributed by atoms with Gasteiger partial charge in [0.15, 0.2) is 0 Å². The van der Waals surface area contributed by atoms with Crippen LogP contribution < -0.4 is 0 Å². The number of aliphatic hydroxyl groups is 1. The van der Waals surface area contributed by atoms with Gasteiger partial charge in [-0.25, -0.2) is 0 Å². The number of hydrogen-bond acceptors (Lipinski definition) is 5. The molecule has 0 amide bonds. The lowest BCUT2D eigenvalue weighted by molar-refractivity contribution is -0.161. The molecular formula is C19H32O5. The molecule has 0 spiro atoms. The molecule has 138 valence electrons. The van der Waals surface area contributed by atoms with E-state index in [1.165, 1.54) is 12.8 Å². The fourth-order valence-electron chi connectivity index (χ4n) is 3.54. The highest BCUT2D eigenvalue weighted by Gasteiger charge is 2.31. The maximum absolute atomic E-state index is 12.1. The molecule has 24 heavy (non-hydrogen) atoms. The first kappa shape index (κ1) is 19.2. The van der Waals surface area contributed by atoms with Gasteiger partial charge in [0.05, 0.1) is 23.9 Å². The van der Waals surface area contributed by atoms with Gasteiger partial charge in [-0.05, 0) is 25.7 Å². The SMILES string of the molecule is CC(CO)(COC(=O)C1CCCCC1)COC(=O)C1CCCCC1. The zero-order valence-corrected chi connectivity index (χ0v) is 14.9. The molecule has 0 radical (unpaired) electrons. The molecule has 2 rings (SSSR count). The van der Waals surface area contributed by atoms with Crippen LogP contribution in [0.3, 0.4) is 0 Å². The van der Waals surface area contributed by atoms with Crippen LogP contribution in [0.5, 0.6) is 0 Å². The lowest BCUT2D eigenvalue weighted by Gasteiger charge is -2.29. The maximum atomic E-state index is 12.1. The highest BCUT2D eigenvalue weighted by molar-refractivity contribution is 5.73. The van der Waals surface area contributed by atoms with Crippen molar-refractivity contribution in [1.82, 2.24) is 0 Å². The van der Waals surface area contributed by atoms with E-state index in [0.29, 0.717) is 0 Å². The van der Waals surface area contributed by atoms with E-state index >= 15 is 0 Å². The summed E-state index contributed by atoms with van der Waals surface area (Å²) in [5.74, 6) is -0.362. The maximum Gasteiger partial charge on any atom is 0.308 e. The fraction of sp³-hybridized carbons (Fsp3) is 0.895. The zero-order valence-electron chi connectivity index (χ0n) is 14.9. The van der Waals surface area contributed by atoms with Gasteiger partial charge in [0.25, 0.3) is 0 Å². The van der Waals surface area contributed by atoms with Gasteiger partial charge < -0.3 is 14.6 Å². The second kappa shape index (κ2) is 9.40. The molecule has 2 aliphatic rings. The summed E-state index contributed by atoms with van der Waals surface area (Å²) in [5.41, 5.74) is -0.728. The van der Waals surface area contributed by atoms with Crippen LogP contribution >= 0.6 is 0 Å². The first-order valence-corrected chi connectivity index (χ1v) is 9.48. The van der Waals surface area contributed by atoms with E-state index in [0.717, 1.165) is 51.4 Å². The van der Waals surface area contributed by atoms with Crippen molar-refractivity contribution in [3.63, 3.8) is 0 Å². The zero-order chi connectivity index (χ0) is 17.4. The third kappa shape index (κ3) is 5.76. The van der Waals surface area contributed by atoms with Crippen LogP contribution in [0, 0.1) is 17.3 Å². The number of hydrogen-bond donors (Lipinski definition) is 1. The van der Waals surface area contributed by atoms with Crippen LogP contribution in [0.4, 0.5) is 0 Å². The van der Waals surface area contributed by atoms with Crippen LogP contribution in [-0.2, 0) is 19.1 Å². The molecular weight excluding hydrogens is 308 g/mol. The van der Waals surface area contributed by atoms with Gasteiger partial charge in [-0.2, -0.15) is 0 Å². The first-order valence-electron chi connectivity index (χ1n) is 9.48. The highest BCUT2D eigenvalue weighted by Crippen LogP contribution is 2.27. The minimum atomic E-state index is -0.728. The van der Waals surface area contributed by atoms with E-state index in [2.05, 4.69) is 0 Å². The van der Waals surface area contributed by atoms with Gasteiger partial charge >= 0.3 is 11.9 Å². The third-order valence-corrected chi connectivity index (χ3v) is 5.38. The second-order valence-corrected chi connectivity index (χ2v) is 7.85. The van der Waals surface area contributed by atoms with Crippen molar-refractivity contribution in [3.8, 4) is 0 Å². The molecule has 0 unspecified atom stereocenters. The molecule has 5 nitrogen and oxygen atoms in total. The molecule has 0 aliphatic heterocycles. The van der Waals surface area contributed by atoms with E-state index in [4.69, 9.17) is 9.47 Å². The quantitative estimate of drug-likeness (QED) is 0.720. The van der Waals surface area contributed by atoms with Crippen molar-refractivity contribution >= 4 is 11.9 Å². The summed E-state index contributed by atoms with van der Waals surface area (Å²) >= 11 is 0. The molecule has 0 aromatic rings. The van der Waals surface area contributed by atoms with Crippen molar-refractivity contribution in [1.29, 1.82) is 0 Å². The predicted octanol–water partition coefficient (Wildman–Crippen LogP) is 3.23. The molecule has 2 saturated carbocycles. The minimum absolute atomic E-state index is 0.00789. The topological polar surface area (TPSA) is 72.8 Å². The smallest absolute Gasteiger partial charge is 0.308 e. The summed E-state index contributed by atoms with van der Waals surface area (Å²) in [6, 6.07) is 0. The highest BCUT2D eigenvalue weighted by atomic mass is 16.5. The molecule has 0 aromatic carbocycles. The number of carbonyl (C=O) groups is 2. The Balaban J connectivity index is 1.75. The fourth-order valence-corrected chi connectivity index (χ4v) is 3.54. The van der Waals surface area contributed by atoms with Crippen molar-refractivity contribution in [2.24, 2.45) is 17.3 Å². The van der Waals surface area contributed by atoms with E-state index in [1.807, 2.05) is 0 Å². The van der Waals surface area contributed by atoms with E-state index in [-0.39, 0.29) is 43.6 Å². The standard InChI is InChI=1S/C19H32O5/c1-19(12-20,13-23-17(21)15-8-4-2-5-9-15)14-24-18(22)16-10-6-3-7-11-16/h15-16,20H,2-14H2,1H3. The van der Waals surface area contributed by atoms with Crippen LogP contribution in [0.1, 0.15) is 71.1 Å². The molecule has 5 heteroatoms. The van der Waals surface area contributed by atoms with Crippen LogP contribution in [-0.4, -0.2) is 36.9 Å². The van der Waals surface area contributed by atoms with Crippen molar-refractivity contribution < 1.29 is 24.2 Å². The van der Waals surface area contributed by atoms with Crippen LogP contribution in [0.2, 0.25) is 0 Å². The Morgan fingerprint density at radius 2 is 1.21 bits per heavy atom. The molecule has 2 aliphatic carbocycles.